The lowest BCUT2D eigenvalue weighted by atomic mass is 10.1. The van der Waals surface area contributed by atoms with E-state index in [0.29, 0.717) is 33.4 Å². The number of aryl methyl sites for hydroxylation is 1. The van der Waals surface area contributed by atoms with Gasteiger partial charge in [-0.3, -0.25) is 14.5 Å². The molecule has 1 aliphatic rings. The van der Waals surface area contributed by atoms with Crippen molar-refractivity contribution in [2.45, 2.75) is 13.0 Å². The Hall–Kier alpha value is -3.59. The Balaban J connectivity index is 1.55. The highest BCUT2D eigenvalue weighted by atomic mass is 35.5. The molecular weight excluding hydrogens is 425 g/mol. The van der Waals surface area contributed by atoms with Crippen LogP contribution in [-0.2, 0) is 4.79 Å². The van der Waals surface area contributed by atoms with E-state index in [1.54, 1.807) is 25.1 Å². The van der Waals surface area contributed by atoms with E-state index < -0.39 is 17.9 Å². The van der Waals surface area contributed by atoms with Crippen LogP contribution in [0.25, 0.3) is 11.3 Å². The molecule has 1 atom stereocenters. The number of amides is 2. The second kappa shape index (κ2) is 8.27. The summed E-state index contributed by atoms with van der Waals surface area (Å²) >= 11 is 5.95. The molecule has 0 saturated carbocycles. The van der Waals surface area contributed by atoms with Gasteiger partial charge in [-0.1, -0.05) is 11.6 Å². The van der Waals surface area contributed by atoms with Crippen LogP contribution >= 0.6 is 11.6 Å². The summed E-state index contributed by atoms with van der Waals surface area (Å²) in [6.45, 7) is 1.64. The Morgan fingerprint density at radius 1 is 1.29 bits per heavy atom. The number of halogens is 2. The molecule has 0 bridgehead atoms. The third kappa shape index (κ3) is 4.17. The van der Waals surface area contributed by atoms with E-state index in [1.165, 1.54) is 36.5 Å². The van der Waals surface area contributed by atoms with Crippen molar-refractivity contribution >= 4 is 29.2 Å². The lowest BCUT2D eigenvalue weighted by Crippen LogP contribution is -2.49. The van der Waals surface area contributed by atoms with E-state index in [9.17, 15) is 14.0 Å². The molecule has 8 nitrogen and oxygen atoms in total. The highest BCUT2D eigenvalue weighted by molar-refractivity contribution is 6.30. The number of hydrogen-bond donors (Lipinski definition) is 1. The van der Waals surface area contributed by atoms with Crippen molar-refractivity contribution in [3.8, 4) is 17.0 Å². The molecule has 31 heavy (non-hydrogen) atoms. The first-order valence-corrected chi connectivity index (χ1v) is 9.67. The maximum absolute atomic E-state index is 13.4. The first kappa shape index (κ1) is 20.7. The van der Waals surface area contributed by atoms with Crippen molar-refractivity contribution in [1.29, 1.82) is 0 Å². The lowest BCUT2D eigenvalue weighted by molar-refractivity contribution is -0.120. The SMILES string of the molecule is Cc1cc(F)ccc1-c1ccnc(C(=O)N[C@H]2COc3cc(Cl)cnc3N(C)C2=O)n1. The van der Waals surface area contributed by atoms with E-state index in [-0.39, 0.29) is 18.2 Å². The minimum Gasteiger partial charge on any atom is -0.487 e. The predicted octanol–water partition coefficient (Wildman–Crippen LogP) is 2.79. The smallest absolute Gasteiger partial charge is 0.289 e. The van der Waals surface area contributed by atoms with Crippen molar-refractivity contribution in [2.24, 2.45) is 0 Å². The number of pyridine rings is 1. The molecule has 1 aromatic carbocycles. The van der Waals surface area contributed by atoms with Gasteiger partial charge < -0.3 is 10.1 Å². The van der Waals surface area contributed by atoms with E-state index in [4.69, 9.17) is 16.3 Å². The number of nitrogens with one attached hydrogen (secondary N) is 1. The summed E-state index contributed by atoms with van der Waals surface area (Å²) in [6.07, 6.45) is 2.84. The van der Waals surface area contributed by atoms with Gasteiger partial charge in [0.2, 0.25) is 5.82 Å². The molecule has 3 aromatic rings. The molecule has 2 aromatic heterocycles. The highest BCUT2D eigenvalue weighted by Gasteiger charge is 2.32. The molecule has 10 heteroatoms. The summed E-state index contributed by atoms with van der Waals surface area (Å²) in [5.41, 5.74) is 1.80. The molecule has 0 fully saturated rings. The van der Waals surface area contributed by atoms with Crippen LogP contribution in [-0.4, -0.2) is 46.5 Å². The summed E-state index contributed by atoms with van der Waals surface area (Å²) in [5, 5.41) is 2.97. The van der Waals surface area contributed by atoms with Crippen LogP contribution in [0.15, 0.2) is 42.7 Å². The summed E-state index contributed by atoms with van der Waals surface area (Å²) < 4.78 is 19.0. The molecule has 0 aliphatic carbocycles. The first-order chi connectivity index (χ1) is 14.8. The molecule has 4 rings (SSSR count). The van der Waals surface area contributed by atoms with Gasteiger partial charge >= 0.3 is 0 Å². The number of benzene rings is 1. The largest absolute Gasteiger partial charge is 0.487 e. The topological polar surface area (TPSA) is 97.3 Å². The van der Waals surface area contributed by atoms with Crippen LogP contribution in [0.5, 0.6) is 5.75 Å². The van der Waals surface area contributed by atoms with Gasteiger partial charge in [0.05, 0.1) is 10.7 Å². The molecule has 1 N–H and O–H groups in total. The van der Waals surface area contributed by atoms with Gasteiger partial charge in [0.15, 0.2) is 11.6 Å². The fourth-order valence-electron chi connectivity index (χ4n) is 3.21. The zero-order valence-electron chi connectivity index (χ0n) is 16.6. The quantitative estimate of drug-likeness (QED) is 0.671. The van der Waals surface area contributed by atoms with E-state index in [0.717, 1.165) is 0 Å². The number of likely N-dealkylation sites (N-methyl/N-ethyl adjacent to an activating group) is 1. The number of fused-ring (bicyclic) bond motifs is 1. The molecule has 0 saturated heterocycles. The fourth-order valence-corrected chi connectivity index (χ4v) is 3.36. The predicted molar refractivity (Wildman–Crippen MR) is 112 cm³/mol. The second-order valence-electron chi connectivity index (χ2n) is 6.93. The van der Waals surface area contributed by atoms with Gasteiger partial charge in [0, 0.05) is 31.1 Å². The zero-order valence-corrected chi connectivity index (χ0v) is 17.4. The zero-order chi connectivity index (χ0) is 22.1. The van der Waals surface area contributed by atoms with Gasteiger partial charge in [0.25, 0.3) is 11.8 Å². The third-order valence-electron chi connectivity index (χ3n) is 4.78. The summed E-state index contributed by atoms with van der Waals surface area (Å²) in [4.78, 5) is 39.3. The summed E-state index contributed by atoms with van der Waals surface area (Å²) in [5.74, 6) is -0.900. The van der Waals surface area contributed by atoms with Gasteiger partial charge in [-0.25, -0.2) is 19.3 Å². The van der Waals surface area contributed by atoms with E-state index in [1.807, 2.05) is 0 Å². The molecule has 158 valence electrons. The number of rotatable bonds is 3. The highest BCUT2D eigenvalue weighted by Crippen LogP contribution is 2.30. The Labute approximate surface area is 182 Å². The molecule has 2 amide bonds. The number of carbonyl (C=O) groups excluding carboxylic acids is 2. The Bertz CT molecular complexity index is 1190. The van der Waals surface area contributed by atoms with Crippen molar-refractivity contribution in [3.63, 3.8) is 0 Å². The van der Waals surface area contributed by atoms with Gasteiger partial charge in [0.1, 0.15) is 18.5 Å². The van der Waals surface area contributed by atoms with E-state index in [2.05, 4.69) is 20.3 Å². The molecule has 3 heterocycles. The maximum atomic E-state index is 13.4. The molecule has 0 spiro atoms. The number of ether oxygens (including phenoxy) is 1. The minimum absolute atomic E-state index is 0.110. The monoisotopic (exact) mass is 441 g/mol. The molecule has 1 aliphatic heterocycles. The molecule has 0 radical (unpaired) electrons. The van der Waals surface area contributed by atoms with Crippen LogP contribution in [0.1, 0.15) is 16.2 Å². The average Bonchev–Trinajstić information content (AvgIpc) is 2.85. The fraction of sp³-hybridized carbons (Fsp3) is 0.190. The van der Waals surface area contributed by atoms with Crippen LogP contribution in [0.3, 0.4) is 0 Å². The Morgan fingerprint density at radius 2 is 2.10 bits per heavy atom. The maximum Gasteiger partial charge on any atom is 0.289 e. The van der Waals surface area contributed by atoms with Crippen molar-refractivity contribution in [3.05, 3.63) is 65.0 Å². The number of aromatic nitrogens is 3. The third-order valence-corrected chi connectivity index (χ3v) is 4.99. The molecule has 0 unspecified atom stereocenters. The Morgan fingerprint density at radius 3 is 2.87 bits per heavy atom. The van der Waals surface area contributed by atoms with Crippen LogP contribution in [0.4, 0.5) is 10.2 Å². The number of carbonyl (C=O) groups is 2. The van der Waals surface area contributed by atoms with Crippen LogP contribution in [0, 0.1) is 12.7 Å². The standard InChI is InChI=1S/C21H17ClFN5O3/c1-11-7-13(23)3-4-14(11)15-5-6-24-18(26-15)20(29)27-16-10-31-17-8-12(22)9-25-19(17)28(2)21(16)30/h3-9,16H,10H2,1-2H3,(H,27,29)/t16-/m0/s1. The van der Waals surface area contributed by atoms with Crippen molar-refractivity contribution in [1.82, 2.24) is 20.3 Å². The van der Waals surface area contributed by atoms with E-state index >= 15 is 0 Å². The Kier molecular flexibility index (Phi) is 5.51. The second-order valence-corrected chi connectivity index (χ2v) is 7.37. The normalized spacial score (nSPS) is 15.7. The lowest BCUT2D eigenvalue weighted by Gasteiger charge is -2.19. The average molecular weight is 442 g/mol. The first-order valence-electron chi connectivity index (χ1n) is 9.30. The number of nitrogens with zero attached hydrogens (tertiary/aromatic N) is 4. The molecular formula is C21H17ClFN5O3. The minimum atomic E-state index is -0.981. The number of anilines is 1. The number of hydrogen-bond acceptors (Lipinski definition) is 6. The van der Waals surface area contributed by atoms with Crippen molar-refractivity contribution in [2.75, 3.05) is 18.6 Å². The summed E-state index contributed by atoms with van der Waals surface area (Å²) in [6, 6.07) is 6.48. The van der Waals surface area contributed by atoms with Crippen LogP contribution < -0.4 is 15.0 Å². The van der Waals surface area contributed by atoms with Gasteiger partial charge in [-0.2, -0.15) is 0 Å². The van der Waals surface area contributed by atoms with Gasteiger partial charge in [-0.05, 0) is 36.8 Å². The van der Waals surface area contributed by atoms with Crippen LogP contribution in [0.2, 0.25) is 5.02 Å². The summed E-state index contributed by atoms with van der Waals surface area (Å²) in [7, 11) is 1.53. The van der Waals surface area contributed by atoms with Gasteiger partial charge in [-0.15, -0.1) is 0 Å². The van der Waals surface area contributed by atoms with Crippen molar-refractivity contribution < 1.29 is 18.7 Å².